The van der Waals surface area contributed by atoms with Crippen LogP contribution < -0.4 is 5.32 Å². The van der Waals surface area contributed by atoms with Crippen molar-refractivity contribution in [2.75, 3.05) is 25.6 Å². The SMILES string of the molecule is CCOP(=O)(OCC)[C@H]1C[C@H](C(=O)Nc2cccc(Br)c2)ON1C. The molecule has 1 N–H and O–H groups in total. The zero-order valence-corrected chi connectivity index (χ0v) is 16.4. The van der Waals surface area contributed by atoms with Crippen LogP contribution in [-0.4, -0.2) is 43.1 Å². The van der Waals surface area contributed by atoms with Gasteiger partial charge in [-0.3, -0.25) is 14.2 Å². The Labute approximate surface area is 150 Å². The molecule has 0 radical (unpaired) electrons. The predicted octanol–water partition coefficient (Wildman–Crippen LogP) is 3.62. The lowest BCUT2D eigenvalue weighted by atomic mass is 10.2. The van der Waals surface area contributed by atoms with Crippen LogP contribution >= 0.6 is 23.5 Å². The molecule has 1 aromatic rings. The van der Waals surface area contributed by atoms with Crippen LogP contribution in [0.3, 0.4) is 0 Å². The molecule has 0 unspecified atom stereocenters. The number of rotatable bonds is 7. The molecule has 0 spiro atoms. The van der Waals surface area contributed by atoms with Gasteiger partial charge in [0.05, 0.1) is 13.2 Å². The number of benzene rings is 1. The number of halogens is 1. The molecule has 1 amide bonds. The molecule has 134 valence electrons. The van der Waals surface area contributed by atoms with Crippen molar-refractivity contribution in [1.82, 2.24) is 5.06 Å². The average molecular weight is 421 g/mol. The van der Waals surface area contributed by atoms with Gasteiger partial charge in [-0.05, 0) is 32.0 Å². The van der Waals surface area contributed by atoms with Crippen molar-refractivity contribution in [3.63, 3.8) is 0 Å². The molecule has 1 fully saturated rings. The molecule has 1 saturated heterocycles. The second kappa shape index (κ2) is 8.56. The Balaban J connectivity index is 2.06. The normalized spacial score (nSPS) is 21.8. The molecule has 1 aliphatic rings. The molecule has 2 rings (SSSR count). The summed E-state index contributed by atoms with van der Waals surface area (Å²) in [5.41, 5.74) is 0.655. The van der Waals surface area contributed by atoms with E-state index in [1.165, 1.54) is 5.06 Å². The maximum Gasteiger partial charge on any atom is 0.350 e. The highest BCUT2D eigenvalue weighted by Crippen LogP contribution is 2.57. The number of hydrogen-bond donors (Lipinski definition) is 1. The van der Waals surface area contributed by atoms with Gasteiger partial charge in [0, 0.05) is 23.6 Å². The molecule has 1 aliphatic heterocycles. The van der Waals surface area contributed by atoms with Gasteiger partial charge in [-0.25, -0.2) is 0 Å². The largest absolute Gasteiger partial charge is 0.350 e. The lowest BCUT2D eigenvalue weighted by molar-refractivity contribution is -0.155. The van der Waals surface area contributed by atoms with Crippen LogP contribution in [0.15, 0.2) is 28.7 Å². The monoisotopic (exact) mass is 420 g/mol. The van der Waals surface area contributed by atoms with E-state index < -0.39 is 19.5 Å². The van der Waals surface area contributed by atoms with Crippen LogP contribution in [0, 0.1) is 0 Å². The number of anilines is 1. The van der Waals surface area contributed by atoms with Crippen molar-refractivity contribution in [3.05, 3.63) is 28.7 Å². The predicted molar refractivity (Wildman–Crippen MR) is 94.7 cm³/mol. The smallest absolute Gasteiger partial charge is 0.324 e. The third-order valence-electron chi connectivity index (χ3n) is 3.51. The minimum absolute atomic E-state index is 0.230. The summed E-state index contributed by atoms with van der Waals surface area (Å²) < 4.78 is 24.5. The summed E-state index contributed by atoms with van der Waals surface area (Å²) in [6.07, 6.45) is -0.527. The van der Waals surface area contributed by atoms with E-state index in [1.54, 1.807) is 33.0 Å². The van der Waals surface area contributed by atoms with E-state index in [1.807, 2.05) is 12.1 Å². The summed E-state index contributed by atoms with van der Waals surface area (Å²) in [4.78, 5) is 18.0. The number of carbonyl (C=O) groups is 1. The van der Waals surface area contributed by atoms with Crippen molar-refractivity contribution in [2.24, 2.45) is 0 Å². The van der Waals surface area contributed by atoms with Crippen molar-refractivity contribution in [1.29, 1.82) is 0 Å². The van der Waals surface area contributed by atoms with Crippen molar-refractivity contribution < 1.29 is 23.2 Å². The first-order valence-corrected chi connectivity index (χ1v) is 10.1. The van der Waals surface area contributed by atoms with Gasteiger partial charge in [0.2, 0.25) is 0 Å². The Kier molecular flexibility index (Phi) is 6.98. The minimum Gasteiger partial charge on any atom is -0.324 e. The summed E-state index contributed by atoms with van der Waals surface area (Å²) in [5.74, 6) is -0.919. The van der Waals surface area contributed by atoms with Crippen LogP contribution in [0.2, 0.25) is 0 Å². The summed E-state index contributed by atoms with van der Waals surface area (Å²) >= 11 is 3.35. The van der Waals surface area contributed by atoms with Crippen LogP contribution in [0.1, 0.15) is 20.3 Å². The first-order valence-electron chi connectivity index (χ1n) is 7.74. The fraction of sp³-hybridized carbons (Fsp3) is 0.533. The number of nitrogens with zero attached hydrogens (tertiary/aromatic N) is 1. The number of hydroxylamine groups is 2. The molecule has 0 bridgehead atoms. The number of amides is 1. The molecule has 7 nitrogen and oxygen atoms in total. The number of carbonyl (C=O) groups excluding carboxylic acids is 1. The van der Waals surface area contributed by atoms with E-state index in [-0.39, 0.29) is 25.5 Å². The maximum absolute atomic E-state index is 12.9. The number of hydrogen-bond acceptors (Lipinski definition) is 6. The molecule has 0 aromatic heterocycles. The third-order valence-corrected chi connectivity index (χ3v) is 6.50. The lowest BCUT2D eigenvalue weighted by Crippen LogP contribution is -2.28. The second-order valence-corrected chi connectivity index (χ2v) is 8.34. The number of nitrogens with one attached hydrogen (secondary N) is 1. The van der Waals surface area contributed by atoms with Gasteiger partial charge in [0.15, 0.2) is 6.10 Å². The van der Waals surface area contributed by atoms with Gasteiger partial charge in [0.25, 0.3) is 5.91 Å². The highest BCUT2D eigenvalue weighted by molar-refractivity contribution is 9.10. The van der Waals surface area contributed by atoms with Crippen LogP contribution in [0.25, 0.3) is 0 Å². The molecular formula is C15H22BrN2O5P. The molecule has 0 aliphatic carbocycles. The van der Waals surface area contributed by atoms with Crippen molar-refractivity contribution in [3.8, 4) is 0 Å². The first-order chi connectivity index (χ1) is 11.4. The second-order valence-electron chi connectivity index (χ2n) is 5.23. The topological polar surface area (TPSA) is 77.1 Å². The molecule has 9 heteroatoms. The molecule has 2 atom stereocenters. The fourth-order valence-electron chi connectivity index (χ4n) is 2.50. The Morgan fingerprint density at radius 1 is 1.42 bits per heavy atom. The van der Waals surface area contributed by atoms with E-state index in [0.29, 0.717) is 5.69 Å². The zero-order valence-electron chi connectivity index (χ0n) is 13.9. The minimum atomic E-state index is -3.38. The summed E-state index contributed by atoms with van der Waals surface area (Å²) in [5, 5.41) is 4.19. The van der Waals surface area contributed by atoms with Crippen LogP contribution in [0.5, 0.6) is 0 Å². The van der Waals surface area contributed by atoms with Crippen LogP contribution in [0.4, 0.5) is 5.69 Å². The van der Waals surface area contributed by atoms with Crippen molar-refractivity contribution >= 4 is 35.1 Å². The zero-order chi connectivity index (χ0) is 17.7. The summed E-state index contributed by atoms with van der Waals surface area (Å²) in [6.45, 7) is 4.02. The first kappa shape index (κ1) is 19.6. The Morgan fingerprint density at radius 3 is 2.67 bits per heavy atom. The highest BCUT2D eigenvalue weighted by Gasteiger charge is 2.48. The van der Waals surface area contributed by atoms with Gasteiger partial charge < -0.3 is 14.4 Å². The van der Waals surface area contributed by atoms with Gasteiger partial charge in [-0.15, -0.1) is 0 Å². The van der Waals surface area contributed by atoms with Crippen LogP contribution in [-0.2, 0) is 23.2 Å². The molecule has 1 aromatic carbocycles. The molecule has 1 heterocycles. The quantitative estimate of drug-likeness (QED) is 0.678. The van der Waals surface area contributed by atoms with Gasteiger partial charge >= 0.3 is 7.60 Å². The van der Waals surface area contributed by atoms with Crippen molar-refractivity contribution in [2.45, 2.75) is 32.2 Å². The van der Waals surface area contributed by atoms with E-state index >= 15 is 0 Å². The van der Waals surface area contributed by atoms with E-state index in [0.717, 1.165) is 4.47 Å². The fourth-order valence-corrected chi connectivity index (χ4v) is 4.94. The highest BCUT2D eigenvalue weighted by atomic mass is 79.9. The standard InChI is InChI=1S/C15H22BrN2O5P/c1-4-21-24(20,22-5-2)14-10-13(23-18(14)3)15(19)17-12-8-6-7-11(16)9-12/h6-9,13-14H,4-5,10H2,1-3H3,(H,17,19)/t13-,14+/m1/s1. The lowest BCUT2D eigenvalue weighted by Gasteiger charge is -2.25. The molecule has 0 saturated carbocycles. The Bertz CT molecular complexity index is 620. The van der Waals surface area contributed by atoms with E-state index in [2.05, 4.69) is 21.2 Å². The Morgan fingerprint density at radius 2 is 2.08 bits per heavy atom. The molecule has 24 heavy (non-hydrogen) atoms. The van der Waals surface area contributed by atoms with Gasteiger partial charge in [-0.2, -0.15) is 5.06 Å². The summed E-state index contributed by atoms with van der Waals surface area (Å²) in [6, 6.07) is 7.26. The molecular weight excluding hydrogens is 399 g/mol. The van der Waals surface area contributed by atoms with Gasteiger partial charge in [-0.1, -0.05) is 22.0 Å². The Hall–Kier alpha value is -0.760. The summed E-state index contributed by atoms with van der Waals surface area (Å²) in [7, 11) is -1.75. The third kappa shape index (κ3) is 4.65. The van der Waals surface area contributed by atoms with E-state index in [4.69, 9.17) is 13.9 Å². The van der Waals surface area contributed by atoms with Gasteiger partial charge in [0.1, 0.15) is 5.78 Å². The maximum atomic E-state index is 12.9. The average Bonchev–Trinajstić information content (AvgIpc) is 2.90. The van der Waals surface area contributed by atoms with E-state index in [9.17, 15) is 9.36 Å².